The van der Waals surface area contributed by atoms with Gasteiger partial charge < -0.3 is 4.74 Å². The summed E-state index contributed by atoms with van der Waals surface area (Å²) >= 11 is 0. The number of carbonyl (C=O) groups excluding carboxylic acids is 1. The molecule has 0 aromatic heterocycles. The van der Waals surface area contributed by atoms with Gasteiger partial charge in [-0.15, -0.1) is 0 Å². The second-order valence-electron chi connectivity index (χ2n) is 3.77. The molecule has 14 heavy (non-hydrogen) atoms. The molecule has 0 spiro atoms. The van der Waals surface area contributed by atoms with Crippen LogP contribution in [0, 0.1) is 6.92 Å². The molecule has 0 N–H and O–H groups in total. The first-order valence-electron chi connectivity index (χ1n) is 4.93. The quantitative estimate of drug-likeness (QED) is 0.680. The van der Waals surface area contributed by atoms with Crippen LogP contribution >= 0.6 is 0 Å². The number of aryl methyl sites for hydroxylation is 1. The number of carbonyl (C=O) groups is 1. The lowest BCUT2D eigenvalue weighted by Gasteiger charge is -2.18. The number of ketones is 1. The third-order valence-electron chi connectivity index (χ3n) is 2.70. The molecule has 1 aliphatic rings. The first kappa shape index (κ1) is 9.25. The summed E-state index contributed by atoms with van der Waals surface area (Å²) in [5, 5.41) is 0. The number of hydrogen-bond acceptors (Lipinski definition) is 2. The molecule has 2 heteroatoms. The normalized spacial score (nSPS) is 15.1. The lowest BCUT2D eigenvalue weighted by atomic mass is 9.89. The van der Waals surface area contributed by atoms with Gasteiger partial charge in [-0.1, -0.05) is 0 Å². The fourth-order valence-corrected chi connectivity index (χ4v) is 2.03. The topological polar surface area (TPSA) is 26.3 Å². The van der Waals surface area contributed by atoms with Gasteiger partial charge in [0.1, 0.15) is 5.75 Å². The van der Waals surface area contributed by atoms with Crippen molar-refractivity contribution in [2.24, 2.45) is 0 Å². The first-order chi connectivity index (χ1) is 6.72. The Bertz CT molecular complexity index is 380. The van der Waals surface area contributed by atoms with E-state index in [1.54, 1.807) is 7.11 Å². The Hall–Kier alpha value is -1.31. The highest BCUT2D eigenvalue weighted by Crippen LogP contribution is 2.30. The Morgan fingerprint density at radius 2 is 2.07 bits per heavy atom. The van der Waals surface area contributed by atoms with Crippen molar-refractivity contribution in [2.75, 3.05) is 7.11 Å². The summed E-state index contributed by atoms with van der Waals surface area (Å²) < 4.78 is 5.29. The molecule has 74 valence electrons. The number of fused-ring (bicyclic) bond motifs is 1. The SMILES string of the molecule is COc1cc(C)cc2c1CCCC2=O. The average molecular weight is 190 g/mol. The maximum Gasteiger partial charge on any atom is 0.163 e. The van der Waals surface area contributed by atoms with E-state index in [2.05, 4.69) is 0 Å². The largest absolute Gasteiger partial charge is 0.496 e. The summed E-state index contributed by atoms with van der Waals surface area (Å²) in [7, 11) is 1.66. The van der Waals surface area contributed by atoms with Gasteiger partial charge in [0, 0.05) is 17.5 Å². The molecule has 1 aromatic rings. The second kappa shape index (κ2) is 3.45. The van der Waals surface area contributed by atoms with Gasteiger partial charge in [-0.3, -0.25) is 4.79 Å². The minimum absolute atomic E-state index is 0.258. The summed E-state index contributed by atoms with van der Waals surface area (Å²) in [5.74, 6) is 1.13. The Morgan fingerprint density at radius 1 is 1.29 bits per heavy atom. The molecular weight excluding hydrogens is 176 g/mol. The van der Waals surface area contributed by atoms with Crippen LogP contribution in [0.5, 0.6) is 5.75 Å². The highest BCUT2D eigenvalue weighted by molar-refractivity contribution is 5.99. The summed E-state index contributed by atoms with van der Waals surface area (Å²) in [4.78, 5) is 11.7. The molecule has 2 nitrogen and oxygen atoms in total. The molecule has 0 heterocycles. The van der Waals surface area contributed by atoms with Crippen LogP contribution in [0.2, 0.25) is 0 Å². The summed E-state index contributed by atoms with van der Waals surface area (Å²) in [6, 6.07) is 3.97. The molecule has 0 amide bonds. The van der Waals surface area contributed by atoms with E-state index in [0.717, 1.165) is 35.3 Å². The molecule has 0 aliphatic heterocycles. The molecule has 1 aromatic carbocycles. The number of rotatable bonds is 1. The van der Waals surface area contributed by atoms with Crippen LogP contribution < -0.4 is 4.74 Å². The average Bonchev–Trinajstić information content (AvgIpc) is 2.18. The van der Waals surface area contributed by atoms with Crippen LogP contribution in [-0.4, -0.2) is 12.9 Å². The lowest BCUT2D eigenvalue weighted by Crippen LogP contribution is -2.12. The predicted molar refractivity (Wildman–Crippen MR) is 55.0 cm³/mol. The predicted octanol–water partition coefficient (Wildman–Crippen LogP) is 2.52. The second-order valence-corrected chi connectivity index (χ2v) is 3.77. The highest BCUT2D eigenvalue weighted by Gasteiger charge is 2.20. The van der Waals surface area contributed by atoms with Crippen LogP contribution in [0.25, 0.3) is 0 Å². The smallest absolute Gasteiger partial charge is 0.163 e. The Labute approximate surface area is 83.9 Å². The fraction of sp³-hybridized carbons (Fsp3) is 0.417. The van der Waals surface area contributed by atoms with Crippen molar-refractivity contribution in [3.05, 3.63) is 28.8 Å². The molecule has 2 rings (SSSR count). The van der Waals surface area contributed by atoms with Crippen LogP contribution in [0.15, 0.2) is 12.1 Å². The van der Waals surface area contributed by atoms with Gasteiger partial charge in [-0.2, -0.15) is 0 Å². The van der Waals surface area contributed by atoms with Crippen molar-refractivity contribution in [3.63, 3.8) is 0 Å². The molecule has 0 saturated heterocycles. The molecule has 0 fully saturated rings. The van der Waals surface area contributed by atoms with Gasteiger partial charge >= 0.3 is 0 Å². The van der Waals surface area contributed by atoms with Gasteiger partial charge in [0.2, 0.25) is 0 Å². The highest BCUT2D eigenvalue weighted by atomic mass is 16.5. The van der Waals surface area contributed by atoms with Crippen LogP contribution in [-0.2, 0) is 6.42 Å². The molecule has 0 unspecified atom stereocenters. The van der Waals surface area contributed by atoms with Gasteiger partial charge in [0.15, 0.2) is 5.78 Å². The number of ether oxygens (including phenoxy) is 1. The van der Waals surface area contributed by atoms with Crippen molar-refractivity contribution < 1.29 is 9.53 Å². The number of benzene rings is 1. The summed E-state index contributed by atoms with van der Waals surface area (Å²) in [6.45, 7) is 1.99. The van der Waals surface area contributed by atoms with Gasteiger partial charge in [-0.25, -0.2) is 0 Å². The summed E-state index contributed by atoms with van der Waals surface area (Å²) in [5.41, 5.74) is 3.05. The number of hydrogen-bond donors (Lipinski definition) is 0. The lowest BCUT2D eigenvalue weighted by molar-refractivity contribution is 0.0971. The van der Waals surface area contributed by atoms with Gasteiger partial charge in [0.25, 0.3) is 0 Å². The van der Waals surface area contributed by atoms with Crippen LogP contribution in [0.4, 0.5) is 0 Å². The molecule has 0 bridgehead atoms. The van der Waals surface area contributed by atoms with E-state index < -0.39 is 0 Å². The van der Waals surface area contributed by atoms with E-state index in [4.69, 9.17) is 4.74 Å². The maximum absolute atomic E-state index is 11.7. The first-order valence-corrected chi connectivity index (χ1v) is 4.93. The fourth-order valence-electron chi connectivity index (χ4n) is 2.03. The van der Waals surface area contributed by atoms with E-state index in [1.807, 2.05) is 19.1 Å². The minimum atomic E-state index is 0.258. The summed E-state index contributed by atoms with van der Waals surface area (Å²) in [6.07, 6.45) is 2.59. The third-order valence-corrected chi connectivity index (χ3v) is 2.70. The number of Topliss-reactive ketones (excluding diaryl/α,β-unsaturated/α-hetero) is 1. The van der Waals surface area contributed by atoms with Crippen molar-refractivity contribution in [3.8, 4) is 5.75 Å². The van der Waals surface area contributed by atoms with E-state index in [1.165, 1.54) is 0 Å². The zero-order valence-corrected chi connectivity index (χ0v) is 8.59. The zero-order valence-electron chi connectivity index (χ0n) is 8.59. The molecule has 0 radical (unpaired) electrons. The molecule has 0 atom stereocenters. The number of methoxy groups -OCH3 is 1. The van der Waals surface area contributed by atoms with Crippen molar-refractivity contribution >= 4 is 5.78 Å². The monoisotopic (exact) mass is 190 g/mol. The van der Waals surface area contributed by atoms with E-state index in [-0.39, 0.29) is 5.78 Å². The van der Waals surface area contributed by atoms with Crippen molar-refractivity contribution in [1.29, 1.82) is 0 Å². The van der Waals surface area contributed by atoms with Crippen molar-refractivity contribution in [1.82, 2.24) is 0 Å². The third kappa shape index (κ3) is 1.41. The Morgan fingerprint density at radius 3 is 2.79 bits per heavy atom. The molecular formula is C12H14O2. The maximum atomic E-state index is 11.7. The van der Waals surface area contributed by atoms with Crippen molar-refractivity contribution in [2.45, 2.75) is 26.2 Å². The van der Waals surface area contributed by atoms with E-state index in [9.17, 15) is 4.79 Å². The van der Waals surface area contributed by atoms with Gasteiger partial charge in [-0.05, 0) is 37.5 Å². The molecule has 0 saturated carbocycles. The van der Waals surface area contributed by atoms with Crippen LogP contribution in [0.3, 0.4) is 0 Å². The Kier molecular flexibility index (Phi) is 2.28. The van der Waals surface area contributed by atoms with Crippen LogP contribution in [0.1, 0.15) is 34.3 Å². The minimum Gasteiger partial charge on any atom is -0.496 e. The Balaban J connectivity index is 2.60. The van der Waals surface area contributed by atoms with E-state index in [0.29, 0.717) is 6.42 Å². The zero-order chi connectivity index (χ0) is 10.1. The van der Waals surface area contributed by atoms with E-state index >= 15 is 0 Å². The van der Waals surface area contributed by atoms with Gasteiger partial charge in [0.05, 0.1) is 7.11 Å². The molecule has 1 aliphatic carbocycles. The standard InChI is InChI=1S/C12H14O2/c1-8-6-10-9(12(7-8)14-2)4-3-5-11(10)13/h6-7H,3-5H2,1-2H3.